The zero-order valence-electron chi connectivity index (χ0n) is 19.4. The van der Waals surface area contributed by atoms with Crippen LogP contribution in [0.2, 0.25) is 10.0 Å². The van der Waals surface area contributed by atoms with Gasteiger partial charge in [0.25, 0.3) is 0 Å². The van der Waals surface area contributed by atoms with Gasteiger partial charge in [-0.2, -0.15) is 0 Å². The van der Waals surface area contributed by atoms with Gasteiger partial charge in [-0.15, -0.1) is 0 Å². The summed E-state index contributed by atoms with van der Waals surface area (Å²) in [5.74, 6) is -0.258. The second kappa shape index (κ2) is 12.5. The van der Waals surface area contributed by atoms with Crippen LogP contribution in [0, 0.1) is 0 Å². The van der Waals surface area contributed by atoms with E-state index in [-0.39, 0.29) is 36.7 Å². The van der Waals surface area contributed by atoms with Gasteiger partial charge in [0.05, 0.1) is 16.1 Å². The van der Waals surface area contributed by atoms with E-state index in [9.17, 15) is 19.5 Å². The van der Waals surface area contributed by atoms with Gasteiger partial charge in [0, 0.05) is 71.3 Å². The molecule has 0 spiro atoms. The van der Waals surface area contributed by atoms with Crippen molar-refractivity contribution in [1.82, 2.24) is 20.0 Å². The molecule has 1 unspecified atom stereocenters. The van der Waals surface area contributed by atoms with Crippen LogP contribution >= 0.6 is 23.2 Å². The number of benzene rings is 1. The average Bonchev–Trinajstić information content (AvgIpc) is 2.97. The van der Waals surface area contributed by atoms with Crippen molar-refractivity contribution in [3.63, 3.8) is 0 Å². The highest BCUT2D eigenvalue weighted by molar-refractivity contribution is 6.42. The van der Waals surface area contributed by atoms with E-state index in [2.05, 4.69) is 10.2 Å². The molecule has 0 aliphatic carbocycles. The summed E-state index contributed by atoms with van der Waals surface area (Å²) in [5, 5.41) is 14.4. The first kappa shape index (κ1) is 26.5. The Morgan fingerprint density at radius 2 is 1.85 bits per heavy atom. The van der Waals surface area contributed by atoms with E-state index in [4.69, 9.17) is 23.2 Å². The van der Waals surface area contributed by atoms with Crippen LogP contribution < -0.4 is 5.32 Å². The highest BCUT2D eigenvalue weighted by atomic mass is 35.5. The molecule has 2 aliphatic heterocycles. The van der Waals surface area contributed by atoms with Crippen molar-refractivity contribution in [2.24, 2.45) is 0 Å². The second-order valence-corrected chi connectivity index (χ2v) is 9.67. The van der Waals surface area contributed by atoms with Gasteiger partial charge in [0.15, 0.2) is 0 Å². The van der Waals surface area contributed by atoms with Crippen LogP contribution in [0.15, 0.2) is 24.3 Å². The van der Waals surface area contributed by atoms with Gasteiger partial charge in [-0.25, -0.2) is 0 Å². The third kappa shape index (κ3) is 7.98. The smallest absolute Gasteiger partial charge is 0.246 e. The number of likely N-dealkylation sites (tertiary alicyclic amines) is 1. The number of hydrogen-bond acceptors (Lipinski definition) is 5. The molecule has 2 aliphatic rings. The molecule has 0 radical (unpaired) electrons. The van der Waals surface area contributed by atoms with E-state index in [1.165, 1.54) is 13.0 Å². The zero-order valence-corrected chi connectivity index (χ0v) is 20.9. The summed E-state index contributed by atoms with van der Waals surface area (Å²) in [7, 11) is 0. The Hall–Kier alpha value is -2.13. The minimum atomic E-state index is -0.668. The van der Waals surface area contributed by atoms with Crippen molar-refractivity contribution in [1.29, 1.82) is 0 Å². The summed E-state index contributed by atoms with van der Waals surface area (Å²) < 4.78 is 0. The van der Waals surface area contributed by atoms with Crippen LogP contribution in [0.3, 0.4) is 0 Å². The maximum atomic E-state index is 12.6. The molecule has 3 amide bonds. The number of carbonyl (C=O) groups is 3. The van der Waals surface area contributed by atoms with Gasteiger partial charge in [0.1, 0.15) is 0 Å². The maximum Gasteiger partial charge on any atom is 0.246 e. The highest BCUT2D eigenvalue weighted by Gasteiger charge is 2.26. The number of rotatable bonds is 7. The van der Waals surface area contributed by atoms with E-state index < -0.39 is 6.10 Å². The Kier molecular flexibility index (Phi) is 9.76. The maximum absolute atomic E-state index is 12.6. The van der Waals surface area contributed by atoms with Crippen LogP contribution in [-0.2, 0) is 14.4 Å². The summed E-state index contributed by atoms with van der Waals surface area (Å²) in [4.78, 5) is 41.9. The van der Waals surface area contributed by atoms with Crippen LogP contribution in [0.5, 0.6) is 0 Å². The number of nitrogens with zero attached hydrogens (tertiary/aromatic N) is 3. The van der Waals surface area contributed by atoms with Crippen LogP contribution in [0.1, 0.15) is 31.7 Å². The number of aliphatic hydroxyl groups is 1. The molecule has 0 saturated carbocycles. The largest absolute Gasteiger partial charge is 0.390 e. The molecule has 8 nitrogen and oxygen atoms in total. The standard InChI is InChI=1S/C24H32Cl2N4O4/c1-17(31)27-19-6-9-28(10-7-19)15-20(32)16-30-13-12-29(11-8-24(30)34)23(33)5-3-18-2-4-21(25)22(26)14-18/h2-5,14,19-20,32H,6-13,15-16H2,1H3,(H,27,31). The second-order valence-electron chi connectivity index (χ2n) is 8.85. The lowest BCUT2D eigenvalue weighted by molar-refractivity contribution is -0.131. The van der Waals surface area contributed by atoms with Gasteiger partial charge < -0.3 is 25.1 Å². The predicted molar refractivity (Wildman–Crippen MR) is 133 cm³/mol. The van der Waals surface area contributed by atoms with E-state index >= 15 is 0 Å². The molecule has 3 rings (SSSR count). The number of piperidine rings is 1. The van der Waals surface area contributed by atoms with Gasteiger partial charge in [-0.1, -0.05) is 29.3 Å². The molecule has 1 aromatic carbocycles. The van der Waals surface area contributed by atoms with Gasteiger partial charge in [0.2, 0.25) is 17.7 Å². The number of halogens is 2. The van der Waals surface area contributed by atoms with Crippen molar-refractivity contribution in [3.05, 3.63) is 39.9 Å². The van der Waals surface area contributed by atoms with Crippen molar-refractivity contribution in [3.8, 4) is 0 Å². The number of nitrogens with one attached hydrogen (secondary N) is 1. The monoisotopic (exact) mass is 510 g/mol. The molecule has 10 heteroatoms. The lowest BCUT2D eigenvalue weighted by Crippen LogP contribution is -2.48. The summed E-state index contributed by atoms with van der Waals surface area (Å²) in [6.07, 6.45) is 4.40. The van der Waals surface area contributed by atoms with Crippen molar-refractivity contribution in [2.45, 2.75) is 38.3 Å². The fourth-order valence-corrected chi connectivity index (χ4v) is 4.63. The van der Waals surface area contributed by atoms with Gasteiger partial charge >= 0.3 is 0 Å². The molecule has 2 fully saturated rings. The molecular weight excluding hydrogens is 479 g/mol. The fourth-order valence-electron chi connectivity index (χ4n) is 4.33. The topological polar surface area (TPSA) is 93.2 Å². The van der Waals surface area contributed by atoms with Gasteiger partial charge in [-0.3, -0.25) is 14.4 Å². The van der Waals surface area contributed by atoms with Crippen LogP contribution in [0.25, 0.3) is 6.08 Å². The van der Waals surface area contributed by atoms with Crippen molar-refractivity contribution < 1.29 is 19.5 Å². The molecule has 0 aromatic heterocycles. The average molecular weight is 511 g/mol. The van der Waals surface area contributed by atoms with E-state index in [0.29, 0.717) is 36.2 Å². The van der Waals surface area contributed by atoms with E-state index in [0.717, 1.165) is 31.5 Å². The summed E-state index contributed by atoms with van der Waals surface area (Å²) >= 11 is 11.9. The third-order valence-corrected chi connectivity index (χ3v) is 6.90. The molecule has 1 atom stereocenters. The summed E-state index contributed by atoms with van der Waals surface area (Å²) in [6, 6.07) is 5.32. The molecule has 34 heavy (non-hydrogen) atoms. The molecule has 186 valence electrons. The first-order chi connectivity index (χ1) is 16.2. The Bertz CT molecular complexity index is 918. The van der Waals surface area contributed by atoms with Crippen LogP contribution in [-0.4, -0.2) is 95.5 Å². The minimum Gasteiger partial charge on any atom is -0.390 e. The fraction of sp³-hybridized carbons (Fsp3) is 0.542. The molecular formula is C24H32Cl2N4O4. The van der Waals surface area contributed by atoms with Crippen LogP contribution in [0.4, 0.5) is 0 Å². The highest BCUT2D eigenvalue weighted by Crippen LogP contribution is 2.23. The van der Waals surface area contributed by atoms with E-state index in [1.807, 2.05) is 0 Å². The van der Waals surface area contributed by atoms with Crippen molar-refractivity contribution in [2.75, 3.05) is 45.8 Å². The quantitative estimate of drug-likeness (QED) is 0.547. The predicted octanol–water partition coefficient (Wildman–Crippen LogP) is 2.03. The molecule has 0 bridgehead atoms. The Balaban J connectivity index is 1.45. The Labute approximate surface area is 210 Å². The normalized spacial score (nSPS) is 19.4. The Morgan fingerprint density at radius 1 is 1.12 bits per heavy atom. The molecule has 2 saturated heterocycles. The number of β-amino-alcohol motifs (C(OH)–C–C–N with tert-alkyl or cyclic N) is 1. The minimum absolute atomic E-state index is 0.0180. The number of aliphatic hydroxyl groups excluding tert-OH is 1. The Morgan fingerprint density at radius 3 is 2.53 bits per heavy atom. The van der Waals surface area contributed by atoms with Gasteiger partial charge in [-0.05, 0) is 36.6 Å². The first-order valence-corrected chi connectivity index (χ1v) is 12.3. The molecule has 2 N–H and O–H groups in total. The lowest BCUT2D eigenvalue weighted by Gasteiger charge is -2.34. The lowest BCUT2D eigenvalue weighted by atomic mass is 10.0. The zero-order chi connectivity index (χ0) is 24.7. The SMILES string of the molecule is CC(=O)NC1CCN(CC(O)CN2CCN(C(=O)C=Cc3ccc(Cl)c(Cl)c3)CCC2=O)CC1. The summed E-state index contributed by atoms with van der Waals surface area (Å²) in [6.45, 7) is 4.96. The van der Waals surface area contributed by atoms with E-state index in [1.54, 1.807) is 34.1 Å². The van der Waals surface area contributed by atoms with Crippen molar-refractivity contribution >= 4 is 47.0 Å². The first-order valence-electron chi connectivity index (χ1n) is 11.6. The number of hydrogen-bond donors (Lipinski definition) is 2. The summed E-state index contributed by atoms with van der Waals surface area (Å²) in [5.41, 5.74) is 0.763. The molecule has 1 aromatic rings. The number of amides is 3. The third-order valence-electron chi connectivity index (χ3n) is 6.16. The number of carbonyl (C=O) groups excluding carboxylic acids is 3. The molecule has 2 heterocycles.